The molecule has 0 radical (unpaired) electrons. The van der Waals surface area contributed by atoms with Crippen LogP contribution in [0.15, 0.2) is 53.9 Å². The predicted molar refractivity (Wildman–Crippen MR) is 128 cm³/mol. The predicted octanol–water partition coefficient (Wildman–Crippen LogP) is 4.27. The first-order valence-electron chi connectivity index (χ1n) is 10.6. The lowest BCUT2D eigenvalue weighted by atomic mass is 10.0. The van der Waals surface area contributed by atoms with Crippen LogP contribution in [0.1, 0.15) is 21.1 Å². The zero-order valence-corrected chi connectivity index (χ0v) is 19.1. The molecule has 3 amide bonds. The number of nitrogens with one attached hydrogen (secondary N) is 1. The maximum atomic E-state index is 13.8. The maximum absolute atomic E-state index is 13.8. The number of urea groups is 1. The standard InChI is InChI=1S/C24H21FN6O2S/c1-14-27-19(13-34-14)15-5-7-18(8-6-15)28-24(33)30-9-10-31-20(12-30)21(23(26)32)22(29-31)16-3-2-4-17(25)11-16/h2-8,11,13H,9-10,12H2,1H3,(H2,26,32)(H,28,33). The Morgan fingerprint density at radius 1 is 1.12 bits per heavy atom. The Morgan fingerprint density at radius 3 is 2.59 bits per heavy atom. The quantitative estimate of drug-likeness (QED) is 0.459. The van der Waals surface area contributed by atoms with E-state index in [-0.39, 0.29) is 18.1 Å². The highest BCUT2D eigenvalue weighted by Gasteiger charge is 2.29. The van der Waals surface area contributed by atoms with E-state index in [1.165, 1.54) is 12.1 Å². The number of amides is 3. The van der Waals surface area contributed by atoms with Crippen molar-refractivity contribution in [2.45, 2.75) is 20.0 Å². The number of carbonyl (C=O) groups excluding carboxylic acids is 2. The molecule has 172 valence electrons. The second-order valence-corrected chi connectivity index (χ2v) is 9.01. The van der Waals surface area contributed by atoms with Gasteiger partial charge in [0.25, 0.3) is 5.91 Å². The minimum Gasteiger partial charge on any atom is -0.365 e. The van der Waals surface area contributed by atoms with Crippen molar-refractivity contribution >= 4 is 29.0 Å². The van der Waals surface area contributed by atoms with Crippen LogP contribution in [0.2, 0.25) is 0 Å². The fourth-order valence-corrected chi connectivity index (χ4v) is 4.63. The van der Waals surface area contributed by atoms with Crippen molar-refractivity contribution in [3.8, 4) is 22.5 Å². The van der Waals surface area contributed by atoms with Gasteiger partial charge in [0.05, 0.1) is 35.0 Å². The summed E-state index contributed by atoms with van der Waals surface area (Å²) < 4.78 is 15.4. The van der Waals surface area contributed by atoms with Crippen molar-refractivity contribution in [3.05, 3.63) is 76.0 Å². The van der Waals surface area contributed by atoms with Crippen LogP contribution < -0.4 is 11.1 Å². The van der Waals surface area contributed by atoms with Crippen LogP contribution in [0.25, 0.3) is 22.5 Å². The number of rotatable bonds is 4. The number of carbonyl (C=O) groups is 2. The van der Waals surface area contributed by atoms with Gasteiger partial charge in [-0.05, 0) is 31.2 Å². The minimum absolute atomic E-state index is 0.155. The third-order valence-electron chi connectivity index (χ3n) is 5.66. The Labute approximate surface area is 198 Å². The average Bonchev–Trinajstić information content (AvgIpc) is 3.43. The lowest BCUT2D eigenvalue weighted by Crippen LogP contribution is -2.41. The molecule has 0 bridgehead atoms. The number of aromatic nitrogens is 3. The second kappa shape index (κ2) is 8.71. The fourth-order valence-electron chi connectivity index (χ4n) is 4.01. The Bertz CT molecular complexity index is 1390. The third kappa shape index (κ3) is 4.15. The summed E-state index contributed by atoms with van der Waals surface area (Å²) in [5, 5.41) is 10.4. The highest BCUT2D eigenvalue weighted by Crippen LogP contribution is 2.29. The summed E-state index contributed by atoms with van der Waals surface area (Å²) in [6.07, 6.45) is 0. The molecule has 8 nitrogen and oxygen atoms in total. The molecule has 10 heteroatoms. The van der Waals surface area contributed by atoms with Gasteiger partial charge in [0, 0.05) is 28.7 Å². The van der Waals surface area contributed by atoms with Gasteiger partial charge in [-0.2, -0.15) is 5.10 Å². The Hall–Kier alpha value is -4.05. The molecule has 34 heavy (non-hydrogen) atoms. The molecule has 0 aliphatic carbocycles. The number of halogens is 1. The normalized spacial score (nSPS) is 12.9. The van der Waals surface area contributed by atoms with Gasteiger partial charge in [-0.15, -0.1) is 11.3 Å². The first kappa shape index (κ1) is 21.8. The molecule has 0 unspecified atom stereocenters. The number of hydrogen-bond acceptors (Lipinski definition) is 5. The Kier molecular flexibility index (Phi) is 5.58. The van der Waals surface area contributed by atoms with E-state index in [2.05, 4.69) is 15.4 Å². The van der Waals surface area contributed by atoms with Crippen LogP contribution >= 0.6 is 11.3 Å². The van der Waals surface area contributed by atoms with E-state index in [9.17, 15) is 14.0 Å². The van der Waals surface area contributed by atoms with Crippen molar-refractivity contribution in [2.75, 3.05) is 11.9 Å². The van der Waals surface area contributed by atoms with Crippen molar-refractivity contribution in [1.82, 2.24) is 19.7 Å². The summed E-state index contributed by atoms with van der Waals surface area (Å²) in [6.45, 7) is 2.90. The molecule has 3 N–H and O–H groups in total. The van der Waals surface area contributed by atoms with Crippen LogP contribution in [0.5, 0.6) is 0 Å². The zero-order chi connectivity index (χ0) is 23.8. The summed E-state index contributed by atoms with van der Waals surface area (Å²) in [4.78, 5) is 31.3. The lowest BCUT2D eigenvalue weighted by Gasteiger charge is -2.28. The van der Waals surface area contributed by atoms with E-state index < -0.39 is 11.7 Å². The molecule has 0 atom stereocenters. The zero-order valence-electron chi connectivity index (χ0n) is 18.3. The van der Waals surface area contributed by atoms with E-state index in [4.69, 9.17) is 5.73 Å². The largest absolute Gasteiger partial charge is 0.365 e. The van der Waals surface area contributed by atoms with Crippen LogP contribution in [0.3, 0.4) is 0 Å². The Balaban J connectivity index is 1.35. The first-order valence-corrected chi connectivity index (χ1v) is 11.5. The smallest absolute Gasteiger partial charge is 0.322 e. The molecule has 0 saturated carbocycles. The number of hydrogen-bond donors (Lipinski definition) is 2. The van der Waals surface area contributed by atoms with Gasteiger partial charge in [-0.1, -0.05) is 24.3 Å². The van der Waals surface area contributed by atoms with Crippen LogP contribution in [-0.4, -0.2) is 38.1 Å². The van der Waals surface area contributed by atoms with Crippen molar-refractivity contribution in [3.63, 3.8) is 0 Å². The number of nitrogens with zero attached hydrogens (tertiary/aromatic N) is 4. The first-order chi connectivity index (χ1) is 16.4. The topological polar surface area (TPSA) is 106 Å². The fraction of sp³-hybridized carbons (Fsp3) is 0.167. The molecule has 1 aliphatic heterocycles. The summed E-state index contributed by atoms with van der Waals surface area (Å²) >= 11 is 1.59. The SMILES string of the molecule is Cc1nc(-c2ccc(NC(=O)N3CCn4nc(-c5cccc(F)c5)c(C(N)=O)c4C3)cc2)cs1. The van der Waals surface area contributed by atoms with Gasteiger partial charge >= 0.3 is 6.03 Å². The molecule has 1 aliphatic rings. The van der Waals surface area contributed by atoms with Crippen LogP contribution in [0, 0.1) is 12.7 Å². The van der Waals surface area contributed by atoms with E-state index in [0.29, 0.717) is 35.7 Å². The van der Waals surface area contributed by atoms with Crippen molar-refractivity contribution in [1.29, 1.82) is 0 Å². The summed E-state index contributed by atoms with van der Waals surface area (Å²) in [7, 11) is 0. The number of thiazole rings is 1. The number of primary amides is 1. The summed E-state index contributed by atoms with van der Waals surface area (Å²) in [5.41, 5.74) is 9.69. The molecule has 0 fully saturated rings. The van der Waals surface area contributed by atoms with Gasteiger partial charge in [-0.3, -0.25) is 9.48 Å². The highest BCUT2D eigenvalue weighted by molar-refractivity contribution is 7.09. The number of aryl methyl sites for hydroxylation is 1. The molecular weight excluding hydrogens is 455 g/mol. The van der Waals surface area contributed by atoms with E-state index in [1.807, 2.05) is 36.6 Å². The van der Waals surface area contributed by atoms with Gasteiger partial charge in [0.15, 0.2) is 0 Å². The molecule has 3 heterocycles. The van der Waals surface area contributed by atoms with E-state index in [0.717, 1.165) is 16.3 Å². The van der Waals surface area contributed by atoms with E-state index in [1.54, 1.807) is 33.1 Å². The average molecular weight is 477 g/mol. The monoisotopic (exact) mass is 476 g/mol. The maximum Gasteiger partial charge on any atom is 0.322 e. The van der Waals surface area contributed by atoms with E-state index >= 15 is 0 Å². The molecule has 0 spiro atoms. The number of benzene rings is 2. The molecule has 2 aromatic heterocycles. The third-order valence-corrected chi connectivity index (χ3v) is 6.44. The lowest BCUT2D eigenvalue weighted by molar-refractivity contribution is 0.0997. The van der Waals surface area contributed by atoms with Crippen LogP contribution in [0.4, 0.5) is 14.9 Å². The number of anilines is 1. The molecular formula is C24H21FN6O2S. The summed E-state index contributed by atoms with van der Waals surface area (Å²) in [6, 6.07) is 13.0. The van der Waals surface area contributed by atoms with Crippen molar-refractivity contribution in [2.24, 2.45) is 5.73 Å². The highest BCUT2D eigenvalue weighted by atomic mass is 32.1. The second-order valence-electron chi connectivity index (χ2n) is 7.95. The Morgan fingerprint density at radius 2 is 1.91 bits per heavy atom. The summed E-state index contributed by atoms with van der Waals surface area (Å²) in [5.74, 6) is -1.11. The van der Waals surface area contributed by atoms with Gasteiger partial charge in [0.1, 0.15) is 11.5 Å². The van der Waals surface area contributed by atoms with Crippen molar-refractivity contribution < 1.29 is 14.0 Å². The minimum atomic E-state index is -0.671. The number of fused-ring (bicyclic) bond motifs is 1. The van der Waals surface area contributed by atoms with Crippen LogP contribution in [-0.2, 0) is 13.1 Å². The molecule has 0 saturated heterocycles. The van der Waals surface area contributed by atoms with Gasteiger partial charge in [0.2, 0.25) is 0 Å². The molecule has 5 rings (SSSR count). The molecule has 4 aromatic rings. The molecule has 2 aromatic carbocycles. The van der Waals surface area contributed by atoms with Gasteiger partial charge in [-0.25, -0.2) is 14.2 Å². The van der Waals surface area contributed by atoms with Gasteiger partial charge < -0.3 is 16.0 Å². The number of nitrogens with two attached hydrogens (primary N) is 1.